The van der Waals surface area contributed by atoms with Crippen molar-refractivity contribution in [3.63, 3.8) is 0 Å². The summed E-state index contributed by atoms with van der Waals surface area (Å²) in [7, 11) is 0. The van der Waals surface area contributed by atoms with E-state index in [9.17, 15) is 4.79 Å². The van der Waals surface area contributed by atoms with Gasteiger partial charge in [0.1, 0.15) is 5.69 Å². The summed E-state index contributed by atoms with van der Waals surface area (Å²) in [5.74, 6) is 0.273. The highest BCUT2D eigenvalue weighted by molar-refractivity contribution is 5.92. The molecule has 0 spiro atoms. The van der Waals surface area contributed by atoms with Gasteiger partial charge >= 0.3 is 0 Å². The van der Waals surface area contributed by atoms with Gasteiger partial charge in [0.15, 0.2) is 6.67 Å². The Morgan fingerprint density at radius 1 is 1.03 bits per heavy atom. The van der Waals surface area contributed by atoms with Crippen LogP contribution in [0.15, 0.2) is 54.9 Å². The number of rotatable bonds is 7. The van der Waals surface area contributed by atoms with Gasteiger partial charge in [-0.25, -0.2) is 4.68 Å². The summed E-state index contributed by atoms with van der Waals surface area (Å²) in [4.78, 5) is 13.9. The standard InChI is InChI=1S/C19H21N9O/c1-3-26-11-9-16(22-26)14(2)20-19(29)17-10-12-27(23-17)13-28-24-18(21-25-28)15-7-5-4-6-8-15/h4-12,14H,3,13H2,1-2H3,(H,20,29). The van der Waals surface area contributed by atoms with Crippen LogP contribution >= 0.6 is 0 Å². The average Bonchev–Trinajstić information content (AvgIpc) is 3.49. The number of hydrogen-bond donors (Lipinski definition) is 1. The molecular weight excluding hydrogens is 370 g/mol. The summed E-state index contributed by atoms with van der Waals surface area (Å²) < 4.78 is 3.41. The van der Waals surface area contributed by atoms with Gasteiger partial charge in [0.05, 0.1) is 11.7 Å². The molecule has 0 radical (unpaired) electrons. The van der Waals surface area contributed by atoms with Crippen LogP contribution in [0, 0.1) is 0 Å². The molecule has 0 fully saturated rings. The SMILES string of the molecule is CCn1ccc(C(C)NC(=O)c2ccn(Cn3nnc(-c4ccccc4)n3)n2)n1. The van der Waals surface area contributed by atoms with Gasteiger partial charge in [0, 0.05) is 24.5 Å². The minimum Gasteiger partial charge on any atom is -0.342 e. The van der Waals surface area contributed by atoms with Crippen LogP contribution in [-0.2, 0) is 13.2 Å². The number of aromatic nitrogens is 8. The third-order valence-electron chi connectivity index (χ3n) is 4.41. The molecule has 0 bridgehead atoms. The van der Waals surface area contributed by atoms with Crippen molar-refractivity contribution in [2.75, 3.05) is 0 Å². The molecule has 0 aliphatic heterocycles. The predicted molar refractivity (Wildman–Crippen MR) is 105 cm³/mol. The minimum absolute atomic E-state index is 0.217. The molecule has 29 heavy (non-hydrogen) atoms. The average molecular weight is 391 g/mol. The van der Waals surface area contributed by atoms with Crippen LogP contribution < -0.4 is 5.32 Å². The van der Waals surface area contributed by atoms with Crippen molar-refractivity contribution in [3.8, 4) is 11.4 Å². The van der Waals surface area contributed by atoms with Gasteiger partial charge in [-0.3, -0.25) is 9.48 Å². The van der Waals surface area contributed by atoms with E-state index in [2.05, 4.69) is 30.9 Å². The third kappa shape index (κ3) is 4.21. The largest absolute Gasteiger partial charge is 0.342 e. The smallest absolute Gasteiger partial charge is 0.272 e. The monoisotopic (exact) mass is 391 g/mol. The highest BCUT2D eigenvalue weighted by Gasteiger charge is 2.16. The summed E-state index contributed by atoms with van der Waals surface area (Å²) >= 11 is 0. The highest BCUT2D eigenvalue weighted by atomic mass is 16.2. The summed E-state index contributed by atoms with van der Waals surface area (Å²) in [5.41, 5.74) is 2.01. The number of benzene rings is 1. The first kappa shape index (κ1) is 18.5. The van der Waals surface area contributed by atoms with Crippen LogP contribution in [0.25, 0.3) is 11.4 Å². The molecule has 1 amide bonds. The molecule has 1 N–H and O–H groups in total. The maximum Gasteiger partial charge on any atom is 0.272 e. The molecule has 0 saturated heterocycles. The van der Waals surface area contributed by atoms with Crippen molar-refractivity contribution >= 4 is 5.91 Å². The highest BCUT2D eigenvalue weighted by Crippen LogP contribution is 2.12. The van der Waals surface area contributed by atoms with Gasteiger partial charge in [0.25, 0.3) is 5.91 Å². The van der Waals surface area contributed by atoms with Crippen molar-refractivity contribution in [1.82, 2.24) is 45.1 Å². The summed E-state index contributed by atoms with van der Waals surface area (Å²) in [6, 6.07) is 12.9. The molecule has 1 atom stereocenters. The Labute approximate surface area is 167 Å². The van der Waals surface area contributed by atoms with E-state index >= 15 is 0 Å². The number of tetrazole rings is 1. The van der Waals surface area contributed by atoms with E-state index in [0.29, 0.717) is 11.5 Å². The first-order valence-electron chi connectivity index (χ1n) is 9.33. The van der Waals surface area contributed by atoms with E-state index in [-0.39, 0.29) is 18.6 Å². The molecule has 0 aliphatic carbocycles. The fourth-order valence-electron chi connectivity index (χ4n) is 2.83. The van der Waals surface area contributed by atoms with Crippen LogP contribution in [0.4, 0.5) is 0 Å². The van der Waals surface area contributed by atoms with Gasteiger partial charge in [0.2, 0.25) is 5.82 Å². The second kappa shape index (κ2) is 8.05. The van der Waals surface area contributed by atoms with Crippen LogP contribution in [0.2, 0.25) is 0 Å². The lowest BCUT2D eigenvalue weighted by Crippen LogP contribution is -2.27. The molecule has 3 aromatic heterocycles. The van der Waals surface area contributed by atoms with E-state index in [0.717, 1.165) is 17.8 Å². The topological polar surface area (TPSA) is 108 Å². The van der Waals surface area contributed by atoms with E-state index in [1.807, 2.05) is 61.1 Å². The summed E-state index contributed by atoms with van der Waals surface area (Å²) in [6.07, 6.45) is 3.60. The summed E-state index contributed by atoms with van der Waals surface area (Å²) in [6.45, 7) is 4.94. The zero-order valence-electron chi connectivity index (χ0n) is 16.2. The molecule has 0 saturated carbocycles. The third-order valence-corrected chi connectivity index (χ3v) is 4.41. The Balaban J connectivity index is 1.39. The molecule has 4 aromatic rings. The first-order chi connectivity index (χ1) is 14.1. The molecule has 10 heteroatoms. The van der Waals surface area contributed by atoms with E-state index in [1.165, 1.54) is 4.80 Å². The predicted octanol–water partition coefficient (Wildman–Crippen LogP) is 1.75. The Kier molecular flexibility index (Phi) is 5.14. The molecule has 0 aliphatic rings. The van der Waals surface area contributed by atoms with E-state index in [1.54, 1.807) is 16.9 Å². The Bertz CT molecular complexity index is 1100. The van der Waals surface area contributed by atoms with Crippen LogP contribution in [0.5, 0.6) is 0 Å². The van der Waals surface area contributed by atoms with Crippen molar-refractivity contribution in [3.05, 3.63) is 66.2 Å². The second-order valence-electron chi connectivity index (χ2n) is 6.52. The van der Waals surface area contributed by atoms with Gasteiger partial charge in [-0.2, -0.15) is 10.2 Å². The van der Waals surface area contributed by atoms with Crippen LogP contribution in [0.1, 0.15) is 36.1 Å². The molecular formula is C19H21N9O. The lowest BCUT2D eigenvalue weighted by Gasteiger charge is -2.10. The number of amides is 1. The minimum atomic E-state index is -0.265. The van der Waals surface area contributed by atoms with Gasteiger partial charge < -0.3 is 5.32 Å². The lowest BCUT2D eigenvalue weighted by molar-refractivity contribution is 0.0933. The van der Waals surface area contributed by atoms with Crippen LogP contribution in [-0.4, -0.2) is 45.7 Å². The Hall–Kier alpha value is -3.82. The van der Waals surface area contributed by atoms with Crippen molar-refractivity contribution < 1.29 is 4.79 Å². The zero-order chi connectivity index (χ0) is 20.2. The molecule has 1 aromatic carbocycles. The molecule has 1 unspecified atom stereocenters. The molecule has 3 heterocycles. The van der Waals surface area contributed by atoms with Crippen molar-refractivity contribution in [1.29, 1.82) is 0 Å². The number of hydrogen-bond acceptors (Lipinski definition) is 6. The molecule has 4 rings (SSSR count). The lowest BCUT2D eigenvalue weighted by atomic mass is 10.2. The quantitative estimate of drug-likeness (QED) is 0.514. The Morgan fingerprint density at radius 3 is 2.59 bits per heavy atom. The van der Waals surface area contributed by atoms with Gasteiger partial charge in [-0.05, 0) is 31.2 Å². The van der Waals surface area contributed by atoms with Gasteiger partial charge in [-0.1, -0.05) is 30.3 Å². The maximum absolute atomic E-state index is 12.5. The Morgan fingerprint density at radius 2 is 1.83 bits per heavy atom. The first-order valence-corrected chi connectivity index (χ1v) is 9.33. The number of nitrogens with one attached hydrogen (secondary N) is 1. The maximum atomic E-state index is 12.5. The fourth-order valence-corrected chi connectivity index (χ4v) is 2.83. The fraction of sp³-hybridized carbons (Fsp3) is 0.263. The number of carbonyl (C=O) groups excluding carboxylic acids is 1. The van der Waals surface area contributed by atoms with Crippen molar-refractivity contribution in [2.24, 2.45) is 0 Å². The zero-order valence-corrected chi connectivity index (χ0v) is 16.2. The summed E-state index contributed by atoms with van der Waals surface area (Å²) in [5, 5.41) is 24.1. The van der Waals surface area contributed by atoms with Gasteiger partial charge in [-0.15, -0.1) is 15.0 Å². The van der Waals surface area contributed by atoms with Crippen molar-refractivity contribution in [2.45, 2.75) is 33.1 Å². The van der Waals surface area contributed by atoms with E-state index in [4.69, 9.17) is 0 Å². The van der Waals surface area contributed by atoms with Crippen LogP contribution in [0.3, 0.4) is 0 Å². The molecule has 10 nitrogen and oxygen atoms in total. The second-order valence-corrected chi connectivity index (χ2v) is 6.52. The van der Waals surface area contributed by atoms with E-state index < -0.39 is 0 Å². The number of nitrogens with zero attached hydrogens (tertiary/aromatic N) is 8. The number of aryl methyl sites for hydroxylation is 1. The number of carbonyl (C=O) groups is 1. The molecule has 148 valence electrons. The normalized spacial score (nSPS) is 12.1.